The Kier molecular flexibility index (Phi) is 3.35. The minimum absolute atomic E-state index is 0.277. The van der Waals surface area contributed by atoms with Gasteiger partial charge in [0.15, 0.2) is 17.3 Å². The van der Waals surface area contributed by atoms with Crippen LogP contribution in [0.15, 0.2) is 35.1 Å². The van der Waals surface area contributed by atoms with Gasteiger partial charge in [0.25, 0.3) is 5.89 Å². The molecule has 0 fully saturated rings. The molecule has 1 aromatic carbocycles. The molecule has 2 heterocycles. The van der Waals surface area contributed by atoms with Crippen molar-refractivity contribution < 1.29 is 4.52 Å². The number of hydrogen-bond donors (Lipinski definition) is 1. The Morgan fingerprint density at radius 3 is 2.48 bits per heavy atom. The first kappa shape index (κ1) is 13.2. The molecule has 21 heavy (non-hydrogen) atoms. The Bertz CT molecular complexity index is 761. The zero-order valence-electron chi connectivity index (χ0n) is 11.9. The fourth-order valence-electron chi connectivity index (χ4n) is 2.29. The van der Waals surface area contributed by atoms with E-state index in [2.05, 4.69) is 52.2 Å². The Morgan fingerprint density at radius 1 is 1.05 bits per heavy atom. The monoisotopic (exact) mass is 281 g/mol. The van der Waals surface area contributed by atoms with Crippen LogP contribution in [0.4, 0.5) is 5.82 Å². The molecule has 3 rings (SSSR count). The summed E-state index contributed by atoms with van der Waals surface area (Å²) in [7, 11) is 0. The van der Waals surface area contributed by atoms with Crippen LogP contribution in [0.5, 0.6) is 0 Å². The summed E-state index contributed by atoms with van der Waals surface area (Å²) >= 11 is 0. The highest BCUT2D eigenvalue weighted by Gasteiger charge is 2.14. The lowest BCUT2D eigenvalue weighted by atomic mass is 10.1. The normalized spacial score (nSPS) is 10.8. The van der Waals surface area contributed by atoms with Crippen molar-refractivity contribution in [2.24, 2.45) is 0 Å². The van der Waals surface area contributed by atoms with Gasteiger partial charge < -0.3 is 10.3 Å². The van der Waals surface area contributed by atoms with Gasteiger partial charge in [-0.05, 0) is 19.4 Å². The van der Waals surface area contributed by atoms with Gasteiger partial charge in [0.05, 0.1) is 0 Å². The molecule has 0 atom stereocenters. The Labute approximate surface area is 122 Å². The topological polar surface area (TPSA) is 90.7 Å². The van der Waals surface area contributed by atoms with E-state index in [0.717, 1.165) is 5.56 Å². The van der Waals surface area contributed by atoms with Gasteiger partial charge in [0, 0.05) is 18.8 Å². The lowest BCUT2D eigenvalue weighted by molar-refractivity contribution is 0.422. The summed E-state index contributed by atoms with van der Waals surface area (Å²) in [5.41, 5.74) is 9.74. The summed E-state index contributed by atoms with van der Waals surface area (Å²) in [6, 6.07) is 6.35. The van der Waals surface area contributed by atoms with Crippen molar-refractivity contribution in [3.05, 3.63) is 53.1 Å². The third-order valence-corrected chi connectivity index (χ3v) is 3.04. The second-order valence-electron chi connectivity index (χ2n) is 4.98. The average molecular weight is 281 g/mol. The van der Waals surface area contributed by atoms with Gasteiger partial charge >= 0.3 is 0 Å². The highest BCUT2D eigenvalue weighted by molar-refractivity contribution is 5.61. The predicted molar refractivity (Wildman–Crippen MR) is 78.5 cm³/mol. The number of nitrogen functional groups attached to an aromatic ring is 1. The minimum Gasteiger partial charge on any atom is -0.382 e. The molecule has 2 aromatic heterocycles. The Morgan fingerprint density at radius 2 is 1.76 bits per heavy atom. The second kappa shape index (κ2) is 5.32. The molecule has 6 heteroatoms. The molecule has 0 saturated carbocycles. The van der Waals surface area contributed by atoms with E-state index < -0.39 is 0 Å². The first-order valence-electron chi connectivity index (χ1n) is 6.58. The van der Waals surface area contributed by atoms with Crippen LogP contribution in [0, 0.1) is 13.8 Å². The molecular weight excluding hydrogens is 266 g/mol. The van der Waals surface area contributed by atoms with Gasteiger partial charge in [0.2, 0.25) is 0 Å². The largest absolute Gasteiger partial charge is 0.382 e. The number of benzene rings is 1. The molecular formula is C15H15N5O. The van der Waals surface area contributed by atoms with E-state index in [-0.39, 0.29) is 5.82 Å². The van der Waals surface area contributed by atoms with Crippen LogP contribution in [0.3, 0.4) is 0 Å². The van der Waals surface area contributed by atoms with E-state index in [4.69, 9.17) is 10.3 Å². The van der Waals surface area contributed by atoms with Crippen molar-refractivity contribution in [1.29, 1.82) is 0 Å². The molecule has 0 aliphatic rings. The second-order valence-corrected chi connectivity index (χ2v) is 4.98. The molecule has 0 radical (unpaired) electrons. The smallest absolute Gasteiger partial charge is 0.280 e. The summed E-state index contributed by atoms with van der Waals surface area (Å²) in [5.74, 6) is 1.17. The summed E-state index contributed by atoms with van der Waals surface area (Å²) in [5, 5.41) is 3.98. The van der Waals surface area contributed by atoms with Gasteiger partial charge in [-0.1, -0.05) is 34.5 Å². The maximum absolute atomic E-state index is 5.75. The van der Waals surface area contributed by atoms with Crippen LogP contribution >= 0.6 is 0 Å². The Balaban J connectivity index is 1.87. The van der Waals surface area contributed by atoms with Crippen molar-refractivity contribution in [2.75, 3.05) is 5.73 Å². The molecule has 0 aliphatic heterocycles. The summed E-state index contributed by atoms with van der Waals surface area (Å²) in [4.78, 5) is 12.4. The number of hydrogen-bond acceptors (Lipinski definition) is 6. The molecule has 0 unspecified atom stereocenters. The van der Waals surface area contributed by atoms with E-state index in [1.54, 1.807) is 6.20 Å². The van der Waals surface area contributed by atoms with Crippen LogP contribution in [0.2, 0.25) is 0 Å². The van der Waals surface area contributed by atoms with Gasteiger partial charge in [-0.2, -0.15) is 4.98 Å². The van der Waals surface area contributed by atoms with Gasteiger partial charge in [-0.25, -0.2) is 9.97 Å². The van der Waals surface area contributed by atoms with Gasteiger partial charge in [0.1, 0.15) is 0 Å². The lowest BCUT2D eigenvalue weighted by Crippen LogP contribution is -1.96. The van der Waals surface area contributed by atoms with Crippen molar-refractivity contribution in [3.63, 3.8) is 0 Å². The number of rotatable bonds is 3. The number of nitrogens with zero attached hydrogens (tertiary/aromatic N) is 4. The first-order chi connectivity index (χ1) is 10.1. The fourth-order valence-corrected chi connectivity index (χ4v) is 2.29. The quantitative estimate of drug-likeness (QED) is 0.792. The van der Waals surface area contributed by atoms with Crippen LogP contribution in [0.25, 0.3) is 11.6 Å². The van der Waals surface area contributed by atoms with Crippen LogP contribution < -0.4 is 5.73 Å². The Hall–Kier alpha value is -2.76. The zero-order chi connectivity index (χ0) is 14.8. The molecule has 0 aliphatic carbocycles. The maximum atomic E-state index is 5.75. The SMILES string of the molecule is Cc1cc(C)cc(Cc2noc(-c3nccnc3N)n2)c1. The van der Waals surface area contributed by atoms with Crippen LogP contribution in [-0.4, -0.2) is 20.1 Å². The highest BCUT2D eigenvalue weighted by Crippen LogP contribution is 2.20. The highest BCUT2D eigenvalue weighted by atomic mass is 16.5. The van der Waals surface area contributed by atoms with E-state index in [1.165, 1.54) is 17.3 Å². The summed E-state index contributed by atoms with van der Waals surface area (Å²) < 4.78 is 5.22. The summed E-state index contributed by atoms with van der Waals surface area (Å²) in [6.45, 7) is 4.14. The standard InChI is InChI=1S/C15H15N5O/c1-9-5-10(2)7-11(6-9)8-12-19-15(21-20-12)13-14(16)18-4-3-17-13/h3-7H,8H2,1-2H3,(H2,16,18). The van der Waals surface area contributed by atoms with Crippen LogP contribution in [-0.2, 0) is 6.42 Å². The predicted octanol–water partition coefficient (Wildman–Crippen LogP) is 2.32. The molecule has 106 valence electrons. The molecule has 3 aromatic rings. The van der Waals surface area contributed by atoms with Gasteiger partial charge in [-0.3, -0.25) is 0 Å². The van der Waals surface area contributed by atoms with E-state index in [1.807, 2.05) is 0 Å². The number of aryl methyl sites for hydroxylation is 2. The van der Waals surface area contributed by atoms with Crippen molar-refractivity contribution >= 4 is 5.82 Å². The summed E-state index contributed by atoms with van der Waals surface area (Å²) in [6.07, 6.45) is 3.66. The van der Waals surface area contributed by atoms with Gasteiger partial charge in [-0.15, -0.1) is 0 Å². The fraction of sp³-hybridized carbons (Fsp3) is 0.200. The molecule has 0 amide bonds. The molecule has 0 spiro atoms. The number of aromatic nitrogens is 4. The van der Waals surface area contributed by atoms with Crippen molar-refractivity contribution in [2.45, 2.75) is 20.3 Å². The molecule has 0 bridgehead atoms. The van der Waals surface area contributed by atoms with E-state index in [0.29, 0.717) is 23.8 Å². The third kappa shape index (κ3) is 2.89. The first-order valence-corrected chi connectivity index (χ1v) is 6.58. The number of nitrogens with two attached hydrogens (primary N) is 1. The van der Waals surface area contributed by atoms with E-state index >= 15 is 0 Å². The average Bonchev–Trinajstić information content (AvgIpc) is 2.86. The number of anilines is 1. The third-order valence-electron chi connectivity index (χ3n) is 3.04. The molecule has 2 N–H and O–H groups in total. The van der Waals surface area contributed by atoms with Crippen molar-refractivity contribution in [1.82, 2.24) is 20.1 Å². The molecule has 0 saturated heterocycles. The van der Waals surface area contributed by atoms with Crippen LogP contribution in [0.1, 0.15) is 22.5 Å². The minimum atomic E-state index is 0.277. The lowest BCUT2D eigenvalue weighted by Gasteiger charge is -2.01. The zero-order valence-corrected chi connectivity index (χ0v) is 11.9. The maximum Gasteiger partial charge on any atom is 0.280 e. The molecule has 6 nitrogen and oxygen atoms in total. The van der Waals surface area contributed by atoms with Crippen molar-refractivity contribution in [3.8, 4) is 11.6 Å². The van der Waals surface area contributed by atoms with E-state index in [9.17, 15) is 0 Å².